The molecule has 1 aliphatic rings. The number of amides is 1. The summed E-state index contributed by atoms with van der Waals surface area (Å²) in [4.78, 5) is 19.6. The number of carbonyl (C=O) groups excluding carboxylic acids is 1. The molecule has 39 heavy (non-hydrogen) atoms. The lowest BCUT2D eigenvalue weighted by Crippen LogP contribution is -2.30. The van der Waals surface area contributed by atoms with E-state index in [9.17, 15) is 13.6 Å². The van der Waals surface area contributed by atoms with Crippen LogP contribution in [-0.4, -0.2) is 45.7 Å². The maximum absolute atomic E-state index is 12.7. The Hall–Kier alpha value is -3.26. The number of likely N-dealkylation sites (N-methyl/N-ethyl adjacent to an activating group) is 2. The first-order chi connectivity index (χ1) is 18.6. The van der Waals surface area contributed by atoms with Crippen LogP contribution in [0, 0.1) is 5.92 Å². The number of fused-ring (bicyclic) bond motifs is 1. The molecule has 0 spiro atoms. The summed E-state index contributed by atoms with van der Waals surface area (Å²) in [5.74, 6) is 0.253. The van der Waals surface area contributed by atoms with Crippen LogP contribution < -0.4 is 21.3 Å². The maximum Gasteiger partial charge on any atom is 0.252 e. The van der Waals surface area contributed by atoms with Crippen molar-refractivity contribution in [3.05, 3.63) is 53.7 Å². The van der Waals surface area contributed by atoms with Crippen LogP contribution in [0.15, 0.2) is 42.0 Å². The highest BCUT2D eigenvalue weighted by atomic mass is 19.3. The Morgan fingerprint density at radius 2 is 1.95 bits per heavy atom. The van der Waals surface area contributed by atoms with E-state index in [1.54, 1.807) is 6.20 Å². The van der Waals surface area contributed by atoms with Crippen LogP contribution in [0.25, 0.3) is 11.1 Å². The minimum atomic E-state index is -2.12. The highest BCUT2D eigenvalue weighted by molar-refractivity contribution is 6.07. The molecule has 0 fully saturated rings. The Morgan fingerprint density at radius 1 is 1.26 bits per heavy atom. The van der Waals surface area contributed by atoms with Gasteiger partial charge in [-0.2, -0.15) is 0 Å². The van der Waals surface area contributed by atoms with Gasteiger partial charge in [0.2, 0.25) is 6.43 Å². The predicted octanol–water partition coefficient (Wildman–Crippen LogP) is 7.12. The average Bonchev–Trinajstić information content (AvgIpc) is 2.94. The summed E-state index contributed by atoms with van der Waals surface area (Å²) in [6, 6.07) is 8.69. The number of halogens is 2. The van der Waals surface area contributed by atoms with Gasteiger partial charge in [-0.25, -0.2) is 8.78 Å². The van der Waals surface area contributed by atoms with Gasteiger partial charge >= 0.3 is 0 Å². The Bertz CT molecular complexity index is 1150. The fourth-order valence-corrected chi connectivity index (χ4v) is 4.64. The van der Waals surface area contributed by atoms with Gasteiger partial charge in [0.05, 0.1) is 22.6 Å². The van der Waals surface area contributed by atoms with E-state index >= 15 is 0 Å². The molecule has 0 aliphatic carbocycles. The molecule has 1 amide bonds. The zero-order chi connectivity index (χ0) is 29.1. The third-order valence-corrected chi connectivity index (χ3v) is 7.19. The molecule has 2 atom stereocenters. The van der Waals surface area contributed by atoms with Gasteiger partial charge in [0.15, 0.2) is 0 Å². The number of hydrogen-bond donors (Lipinski definition) is 3. The van der Waals surface area contributed by atoms with E-state index in [0.717, 1.165) is 66.1 Å². The van der Waals surface area contributed by atoms with Crippen molar-refractivity contribution in [1.29, 1.82) is 0 Å². The third-order valence-electron chi connectivity index (χ3n) is 7.19. The number of nitrogens with zero attached hydrogens (tertiary/aromatic N) is 2. The zero-order valence-electron chi connectivity index (χ0n) is 24.3. The topological polar surface area (TPSA) is 82.8 Å². The lowest BCUT2D eigenvalue weighted by atomic mass is 9.84. The first kappa shape index (κ1) is 32.0. The lowest BCUT2D eigenvalue weighted by Gasteiger charge is -2.29. The van der Waals surface area contributed by atoms with Gasteiger partial charge in [-0.1, -0.05) is 46.4 Å². The van der Waals surface area contributed by atoms with Gasteiger partial charge in [-0.15, -0.1) is 0 Å². The van der Waals surface area contributed by atoms with Crippen molar-refractivity contribution in [3.8, 4) is 11.1 Å². The number of nitrogens with one attached hydrogen (secondary N) is 2. The summed E-state index contributed by atoms with van der Waals surface area (Å²) < 4.78 is 21.5. The Morgan fingerprint density at radius 3 is 2.49 bits per heavy atom. The van der Waals surface area contributed by atoms with E-state index < -0.39 is 12.3 Å². The van der Waals surface area contributed by atoms with Gasteiger partial charge in [0.25, 0.3) is 5.91 Å². The molecule has 214 valence electrons. The van der Waals surface area contributed by atoms with Gasteiger partial charge in [-0.05, 0) is 78.7 Å². The van der Waals surface area contributed by atoms with Crippen LogP contribution in [-0.2, 0) is 6.42 Å². The van der Waals surface area contributed by atoms with Gasteiger partial charge < -0.3 is 21.3 Å². The molecule has 0 saturated carbocycles. The molecule has 0 aromatic heterocycles. The van der Waals surface area contributed by atoms with Crippen LogP contribution in [0.3, 0.4) is 0 Å². The zero-order valence-corrected chi connectivity index (χ0v) is 24.3. The first-order valence-electron chi connectivity index (χ1n) is 13.8. The molecule has 6 nitrogen and oxygen atoms in total. The Labute approximate surface area is 232 Å². The number of anilines is 2. The molecular formula is C31H45F2N5O. The van der Waals surface area contributed by atoms with E-state index in [0.29, 0.717) is 11.5 Å². The minimum absolute atomic E-state index is 0.0278. The highest BCUT2D eigenvalue weighted by Gasteiger charge is 2.26. The average molecular weight is 542 g/mol. The standard InChI is InChI=1S/C28H39N5O.C3H6F2/c1-7-18(4)25-22(20-10-11-21-14-19(8-2)17-32-23(21)15-20)16-24(33(6)13-12-30-5)26(28(29)34)27(25)31-9-3;1-2-3(4)5/h9-11,15-19,30-31H,3,7-8,12-14H2,1-2,4-6H3,(H2,29,34);3H,2H2,1H3/t18-,19+;/m1./s1. The summed E-state index contributed by atoms with van der Waals surface area (Å²) in [5.41, 5.74) is 13.6. The molecule has 8 heteroatoms. The van der Waals surface area contributed by atoms with Gasteiger partial charge in [-0.3, -0.25) is 9.79 Å². The summed E-state index contributed by atoms with van der Waals surface area (Å²) >= 11 is 0. The van der Waals surface area contributed by atoms with Crippen molar-refractivity contribution in [2.24, 2.45) is 16.6 Å². The quantitative estimate of drug-likeness (QED) is 0.267. The second-order valence-corrected chi connectivity index (χ2v) is 9.95. The van der Waals surface area contributed by atoms with Gasteiger partial charge in [0.1, 0.15) is 0 Å². The van der Waals surface area contributed by atoms with Crippen molar-refractivity contribution in [1.82, 2.24) is 5.32 Å². The monoisotopic (exact) mass is 541 g/mol. The largest absolute Gasteiger partial charge is 0.373 e. The first-order valence-corrected chi connectivity index (χ1v) is 13.8. The molecule has 0 saturated heterocycles. The highest BCUT2D eigenvalue weighted by Crippen LogP contribution is 2.44. The number of primary amides is 1. The molecular weight excluding hydrogens is 496 g/mol. The molecule has 2 aromatic carbocycles. The Balaban J connectivity index is 0.000000976. The van der Waals surface area contributed by atoms with Crippen molar-refractivity contribution in [2.45, 2.75) is 65.7 Å². The summed E-state index contributed by atoms with van der Waals surface area (Å²) in [6.07, 6.45) is 4.60. The van der Waals surface area contributed by atoms with Crippen molar-refractivity contribution >= 4 is 29.2 Å². The number of nitrogens with two attached hydrogens (primary N) is 1. The minimum Gasteiger partial charge on any atom is -0.373 e. The molecule has 1 aliphatic heterocycles. The number of carbonyl (C=O) groups is 1. The van der Waals surface area contributed by atoms with E-state index in [1.165, 1.54) is 12.5 Å². The molecule has 0 radical (unpaired) electrons. The molecule has 0 bridgehead atoms. The molecule has 0 unspecified atom stereocenters. The smallest absolute Gasteiger partial charge is 0.252 e. The summed E-state index contributed by atoms with van der Waals surface area (Å²) in [6.45, 7) is 13.4. The number of aliphatic imine (C=N–C) groups is 1. The number of alkyl halides is 2. The number of rotatable bonds is 12. The molecule has 3 rings (SSSR count). The van der Waals surface area contributed by atoms with E-state index in [-0.39, 0.29) is 12.3 Å². The van der Waals surface area contributed by atoms with Crippen LogP contribution >= 0.6 is 0 Å². The van der Waals surface area contributed by atoms with E-state index in [2.05, 4.69) is 73.4 Å². The summed E-state index contributed by atoms with van der Waals surface area (Å²) in [7, 11) is 3.91. The SMILES string of the molecule is C=CNc1c(C(N)=O)c(N(C)CCNC)cc(-c2ccc3c(c2)N=C[C@@H](CC)C3)c1[C@H](C)CC.CCC(F)F. The fourth-order valence-electron chi connectivity index (χ4n) is 4.64. The second kappa shape index (κ2) is 15.4. The summed E-state index contributed by atoms with van der Waals surface area (Å²) in [5, 5.41) is 6.45. The van der Waals surface area contributed by atoms with Crippen molar-refractivity contribution < 1.29 is 13.6 Å². The normalized spacial score (nSPS) is 14.7. The molecule has 4 N–H and O–H groups in total. The number of benzene rings is 2. The molecule has 2 aromatic rings. The number of hydrogen-bond acceptors (Lipinski definition) is 5. The second-order valence-electron chi connectivity index (χ2n) is 9.95. The van der Waals surface area contributed by atoms with Crippen molar-refractivity contribution in [3.63, 3.8) is 0 Å². The predicted molar refractivity (Wildman–Crippen MR) is 162 cm³/mol. The fraction of sp³-hybridized carbons (Fsp3) is 0.484. The van der Waals surface area contributed by atoms with Gasteiger partial charge in [0, 0.05) is 32.8 Å². The van der Waals surface area contributed by atoms with Crippen LogP contribution in [0.5, 0.6) is 0 Å². The van der Waals surface area contributed by atoms with Crippen LogP contribution in [0.1, 0.15) is 74.4 Å². The Kier molecular flexibility index (Phi) is 12.6. The van der Waals surface area contributed by atoms with Crippen molar-refractivity contribution in [2.75, 3.05) is 37.4 Å². The third kappa shape index (κ3) is 8.12. The van der Waals surface area contributed by atoms with Crippen LogP contribution in [0.2, 0.25) is 0 Å². The van der Waals surface area contributed by atoms with E-state index in [4.69, 9.17) is 10.7 Å². The maximum atomic E-state index is 12.7. The molecule has 1 heterocycles. The van der Waals surface area contributed by atoms with E-state index in [1.807, 2.05) is 14.1 Å². The lowest BCUT2D eigenvalue weighted by molar-refractivity contribution is 0.100. The van der Waals surface area contributed by atoms with Crippen LogP contribution in [0.4, 0.5) is 25.8 Å².